The first kappa shape index (κ1) is 10.7. The molecule has 1 aromatic carbocycles. The molecule has 16 heavy (non-hydrogen) atoms. The number of aryl methyl sites for hydroxylation is 3. The van der Waals surface area contributed by atoms with Gasteiger partial charge in [0.15, 0.2) is 0 Å². The van der Waals surface area contributed by atoms with Crippen molar-refractivity contribution in [1.29, 1.82) is 0 Å². The van der Waals surface area contributed by atoms with Crippen LogP contribution in [-0.4, -0.2) is 9.78 Å². The Bertz CT molecular complexity index is 512. The number of rotatable bonds is 2. The van der Waals surface area contributed by atoms with Gasteiger partial charge in [-0.25, -0.2) is 0 Å². The number of nitrogen functional groups attached to an aromatic ring is 1. The Labute approximate surface area is 95.9 Å². The summed E-state index contributed by atoms with van der Waals surface area (Å²) in [6, 6.07) is 6.31. The van der Waals surface area contributed by atoms with Gasteiger partial charge in [-0.3, -0.25) is 4.68 Å². The molecule has 0 saturated carbocycles. The molecule has 0 aliphatic heterocycles. The zero-order valence-electron chi connectivity index (χ0n) is 9.99. The minimum absolute atomic E-state index is 0.741. The molecule has 0 aliphatic rings. The van der Waals surface area contributed by atoms with E-state index in [9.17, 15) is 0 Å². The minimum atomic E-state index is 0.741. The molecule has 2 N–H and O–H groups in total. The Morgan fingerprint density at radius 2 is 2.00 bits per heavy atom. The second-order valence-electron chi connectivity index (χ2n) is 4.09. The Hall–Kier alpha value is -1.77. The van der Waals surface area contributed by atoms with Crippen LogP contribution in [0.2, 0.25) is 0 Å². The third-order valence-electron chi connectivity index (χ3n) is 2.89. The highest BCUT2D eigenvalue weighted by Crippen LogP contribution is 2.25. The average Bonchev–Trinajstić information content (AvgIpc) is 2.64. The van der Waals surface area contributed by atoms with Gasteiger partial charge >= 0.3 is 0 Å². The van der Waals surface area contributed by atoms with Crippen molar-refractivity contribution in [3.63, 3.8) is 0 Å². The molecule has 2 rings (SSSR count). The van der Waals surface area contributed by atoms with Gasteiger partial charge in [0.2, 0.25) is 0 Å². The molecule has 0 aliphatic carbocycles. The van der Waals surface area contributed by atoms with Gasteiger partial charge in [0.1, 0.15) is 5.69 Å². The minimum Gasteiger partial charge on any atom is -0.396 e. The van der Waals surface area contributed by atoms with E-state index in [1.165, 1.54) is 11.1 Å². The first-order valence-corrected chi connectivity index (χ1v) is 5.52. The molecule has 0 saturated heterocycles. The van der Waals surface area contributed by atoms with Gasteiger partial charge in [-0.05, 0) is 38.0 Å². The van der Waals surface area contributed by atoms with Crippen LogP contribution in [0.4, 0.5) is 5.69 Å². The van der Waals surface area contributed by atoms with E-state index >= 15 is 0 Å². The van der Waals surface area contributed by atoms with E-state index < -0.39 is 0 Å². The van der Waals surface area contributed by atoms with E-state index in [0.29, 0.717) is 0 Å². The Balaban J connectivity index is 2.49. The lowest BCUT2D eigenvalue weighted by Gasteiger charge is -2.03. The standard InChI is InChI=1S/C13H17N3/c1-4-16-8-12(14)13(15-16)11-6-5-9(2)10(3)7-11/h5-8H,4,14H2,1-3H3. The highest BCUT2D eigenvalue weighted by Gasteiger charge is 2.08. The zero-order chi connectivity index (χ0) is 11.7. The Kier molecular flexibility index (Phi) is 2.69. The van der Waals surface area contributed by atoms with Gasteiger partial charge < -0.3 is 5.73 Å². The number of benzene rings is 1. The summed E-state index contributed by atoms with van der Waals surface area (Å²) in [6.07, 6.45) is 1.88. The van der Waals surface area contributed by atoms with Gasteiger partial charge in [0.25, 0.3) is 0 Å². The molecule has 84 valence electrons. The fourth-order valence-corrected chi connectivity index (χ4v) is 1.71. The number of aromatic nitrogens is 2. The van der Waals surface area contributed by atoms with Crippen molar-refractivity contribution < 1.29 is 0 Å². The second-order valence-corrected chi connectivity index (χ2v) is 4.09. The predicted molar refractivity (Wildman–Crippen MR) is 67.2 cm³/mol. The van der Waals surface area contributed by atoms with Crippen LogP contribution < -0.4 is 5.73 Å². The quantitative estimate of drug-likeness (QED) is 0.837. The summed E-state index contributed by atoms with van der Waals surface area (Å²) in [7, 11) is 0. The normalized spacial score (nSPS) is 10.7. The largest absolute Gasteiger partial charge is 0.396 e. The molecule has 3 heteroatoms. The topological polar surface area (TPSA) is 43.8 Å². The maximum Gasteiger partial charge on any atom is 0.115 e. The summed E-state index contributed by atoms with van der Waals surface area (Å²) >= 11 is 0. The van der Waals surface area contributed by atoms with Gasteiger partial charge in [0, 0.05) is 18.3 Å². The van der Waals surface area contributed by atoms with E-state index in [0.717, 1.165) is 23.5 Å². The first-order chi connectivity index (χ1) is 7.61. The first-order valence-electron chi connectivity index (χ1n) is 5.52. The van der Waals surface area contributed by atoms with Crippen LogP contribution >= 0.6 is 0 Å². The van der Waals surface area contributed by atoms with Crippen molar-refractivity contribution in [2.24, 2.45) is 0 Å². The maximum absolute atomic E-state index is 5.95. The maximum atomic E-state index is 5.95. The van der Waals surface area contributed by atoms with Gasteiger partial charge in [-0.2, -0.15) is 5.10 Å². The van der Waals surface area contributed by atoms with Crippen LogP contribution in [0.25, 0.3) is 11.3 Å². The van der Waals surface area contributed by atoms with E-state index in [-0.39, 0.29) is 0 Å². The van der Waals surface area contributed by atoms with E-state index in [1.807, 2.05) is 10.9 Å². The van der Waals surface area contributed by atoms with E-state index in [4.69, 9.17) is 5.73 Å². The molecule has 0 unspecified atom stereocenters. The summed E-state index contributed by atoms with van der Waals surface area (Å²) in [5.41, 5.74) is 11.2. The predicted octanol–water partition coefficient (Wildman–Crippen LogP) is 2.77. The molecule has 0 spiro atoms. The Morgan fingerprint density at radius 1 is 1.25 bits per heavy atom. The fourth-order valence-electron chi connectivity index (χ4n) is 1.71. The zero-order valence-corrected chi connectivity index (χ0v) is 9.99. The van der Waals surface area contributed by atoms with Crippen LogP contribution in [0.3, 0.4) is 0 Å². The second kappa shape index (κ2) is 4.00. The monoisotopic (exact) mass is 215 g/mol. The fraction of sp³-hybridized carbons (Fsp3) is 0.308. The lowest BCUT2D eigenvalue weighted by Crippen LogP contribution is -1.94. The third-order valence-corrected chi connectivity index (χ3v) is 2.89. The molecule has 0 amide bonds. The highest BCUT2D eigenvalue weighted by molar-refractivity contribution is 5.72. The lowest BCUT2D eigenvalue weighted by atomic mass is 10.0. The Morgan fingerprint density at radius 3 is 2.56 bits per heavy atom. The van der Waals surface area contributed by atoms with Crippen molar-refractivity contribution in [3.8, 4) is 11.3 Å². The number of anilines is 1. The number of nitrogens with two attached hydrogens (primary N) is 1. The van der Waals surface area contributed by atoms with Crippen molar-refractivity contribution in [2.75, 3.05) is 5.73 Å². The molecule has 1 aromatic heterocycles. The van der Waals surface area contributed by atoms with Crippen LogP contribution in [0, 0.1) is 13.8 Å². The third kappa shape index (κ3) is 1.81. The van der Waals surface area contributed by atoms with Crippen LogP contribution in [0.15, 0.2) is 24.4 Å². The van der Waals surface area contributed by atoms with Crippen molar-refractivity contribution >= 4 is 5.69 Å². The molecule has 0 bridgehead atoms. The summed E-state index contributed by atoms with van der Waals surface area (Å²) in [5, 5.41) is 4.46. The van der Waals surface area contributed by atoms with Crippen molar-refractivity contribution in [1.82, 2.24) is 9.78 Å². The number of nitrogens with zero attached hydrogens (tertiary/aromatic N) is 2. The summed E-state index contributed by atoms with van der Waals surface area (Å²) in [4.78, 5) is 0. The number of hydrogen-bond acceptors (Lipinski definition) is 2. The van der Waals surface area contributed by atoms with Crippen LogP contribution in [0.1, 0.15) is 18.1 Å². The average molecular weight is 215 g/mol. The highest BCUT2D eigenvalue weighted by atomic mass is 15.3. The summed E-state index contributed by atoms with van der Waals surface area (Å²) in [6.45, 7) is 7.10. The molecular formula is C13H17N3. The van der Waals surface area contributed by atoms with Gasteiger partial charge in [-0.1, -0.05) is 12.1 Å². The molecule has 0 atom stereocenters. The summed E-state index contributed by atoms with van der Waals surface area (Å²) in [5.74, 6) is 0. The smallest absolute Gasteiger partial charge is 0.115 e. The summed E-state index contributed by atoms with van der Waals surface area (Å²) < 4.78 is 1.86. The van der Waals surface area contributed by atoms with Crippen molar-refractivity contribution in [2.45, 2.75) is 27.3 Å². The molecule has 2 aromatic rings. The van der Waals surface area contributed by atoms with Crippen LogP contribution in [0.5, 0.6) is 0 Å². The van der Waals surface area contributed by atoms with Gasteiger partial charge in [-0.15, -0.1) is 0 Å². The lowest BCUT2D eigenvalue weighted by molar-refractivity contribution is 0.662. The molecular weight excluding hydrogens is 198 g/mol. The SMILES string of the molecule is CCn1cc(N)c(-c2ccc(C)c(C)c2)n1. The molecule has 1 heterocycles. The van der Waals surface area contributed by atoms with Gasteiger partial charge in [0.05, 0.1) is 5.69 Å². The van der Waals surface area contributed by atoms with Crippen LogP contribution in [-0.2, 0) is 6.54 Å². The number of hydrogen-bond donors (Lipinski definition) is 1. The van der Waals surface area contributed by atoms with E-state index in [1.54, 1.807) is 0 Å². The van der Waals surface area contributed by atoms with E-state index in [2.05, 4.69) is 44.1 Å². The molecule has 0 fully saturated rings. The van der Waals surface area contributed by atoms with Crippen molar-refractivity contribution in [3.05, 3.63) is 35.5 Å². The molecule has 3 nitrogen and oxygen atoms in total. The molecule has 0 radical (unpaired) electrons.